The minimum absolute atomic E-state index is 0.391. The van der Waals surface area contributed by atoms with Crippen LogP contribution >= 0.6 is 31.9 Å². The highest BCUT2D eigenvalue weighted by Gasteiger charge is 2.15. The lowest BCUT2D eigenvalue weighted by Gasteiger charge is -2.19. The molecule has 0 amide bonds. The zero-order chi connectivity index (χ0) is 14.3. The number of halogens is 2. The third-order valence-electron chi connectivity index (χ3n) is 2.91. The van der Waals surface area contributed by atoms with Crippen molar-refractivity contribution in [2.45, 2.75) is 19.9 Å². The fourth-order valence-corrected chi connectivity index (χ4v) is 2.96. The molecule has 0 aliphatic heterocycles. The van der Waals surface area contributed by atoms with Gasteiger partial charge in [0.05, 0.1) is 11.8 Å². The van der Waals surface area contributed by atoms with Gasteiger partial charge in [0.1, 0.15) is 6.04 Å². The van der Waals surface area contributed by atoms with E-state index in [4.69, 9.17) is 0 Å². The topological polar surface area (TPSA) is 52.0 Å². The Hall–Kier alpha value is -0.480. The lowest BCUT2D eigenvalue weighted by molar-refractivity contribution is 0.300. The van der Waals surface area contributed by atoms with Crippen molar-refractivity contribution in [3.05, 3.63) is 26.9 Å². The summed E-state index contributed by atoms with van der Waals surface area (Å²) in [5.41, 5.74) is 0.727. The molecule has 19 heavy (non-hydrogen) atoms. The fraction of sp³-hybridized carbons (Fsp3) is 0.538. The van der Waals surface area contributed by atoms with Crippen LogP contribution in [0.25, 0.3) is 0 Å². The molecule has 4 nitrogen and oxygen atoms in total. The Morgan fingerprint density at radius 3 is 2.63 bits per heavy atom. The third-order valence-corrected chi connectivity index (χ3v) is 3.98. The quantitative estimate of drug-likeness (QED) is 0.778. The predicted octanol–water partition coefficient (Wildman–Crippen LogP) is 3.10. The summed E-state index contributed by atoms with van der Waals surface area (Å²) in [4.78, 5) is 6.61. The molecule has 1 atom stereocenters. The molecule has 6 heteroatoms. The fourth-order valence-electron chi connectivity index (χ4n) is 1.75. The van der Waals surface area contributed by atoms with Gasteiger partial charge in [-0.2, -0.15) is 5.26 Å². The molecule has 0 saturated carbocycles. The molecule has 1 N–H and O–H groups in total. The number of hydrogen-bond acceptors (Lipinski definition) is 4. The second kappa shape index (κ2) is 8.64. The van der Waals surface area contributed by atoms with Crippen molar-refractivity contribution in [3.8, 4) is 6.07 Å². The first-order valence-electron chi connectivity index (χ1n) is 6.28. The molecule has 0 radical (unpaired) electrons. The van der Waals surface area contributed by atoms with E-state index in [1.54, 1.807) is 6.20 Å². The average Bonchev–Trinajstić information content (AvgIpc) is 2.40. The Kier molecular flexibility index (Phi) is 7.54. The normalized spacial score (nSPS) is 12.4. The molecule has 1 unspecified atom stereocenters. The van der Waals surface area contributed by atoms with Crippen LogP contribution in [0, 0.1) is 11.3 Å². The van der Waals surface area contributed by atoms with E-state index >= 15 is 0 Å². The summed E-state index contributed by atoms with van der Waals surface area (Å²) < 4.78 is 1.73. The summed E-state index contributed by atoms with van der Waals surface area (Å²) in [6, 6.07) is 3.76. The van der Waals surface area contributed by atoms with E-state index in [2.05, 4.69) is 67.0 Å². The van der Waals surface area contributed by atoms with Gasteiger partial charge in [-0.15, -0.1) is 0 Å². The Balaban J connectivity index is 2.61. The number of nitrogens with one attached hydrogen (secondary N) is 1. The van der Waals surface area contributed by atoms with Crippen LogP contribution in [0.2, 0.25) is 0 Å². The van der Waals surface area contributed by atoms with Gasteiger partial charge in [0.25, 0.3) is 0 Å². The zero-order valence-corrected chi connectivity index (χ0v) is 14.3. The minimum Gasteiger partial charge on any atom is -0.303 e. The van der Waals surface area contributed by atoms with Gasteiger partial charge in [0, 0.05) is 28.2 Å². The largest absolute Gasteiger partial charge is 0.303 e. The molecule has 1 aromatic heterocycles. The maximum Gasteiger partial charge on any atom is 0.139 e. The Labute approximate surface area is 131 Å². The Morgan fingerprint density at radius 1 is 1.42 bits per heavy atom. The maximum absolute atomic E-state index is 9.25. The summed E-state index contributed by atoms with van der Waals surface area (Å²) in [6.45, 7) is 8.02. The molecular weight excluding hydrogens is 372 g/mol. The average molecular weight is 390 g/mol. The van der Waals surface area contributed by atoms with E-state index in [1.165, 1.54) is 0 Å². The number of nitrogens with zero attached hydrogens (tertiary/aromatic N) is 3. The predicted molar refractivity (Wildman–Crippen MR) is 83.8 cm³/mol. The summed E-state index contributed by atoms with van der Waals surface area (Å²) in [7, 11) is 0. The van der Waals surface area contributed by atoms with Crippen LogP contribution in [-0.4, -0.2) is 36.1 Å². The first-order chi connectivity index (χ1) is 9.12. The van der Waals surface area contributed by atoms with Gasteiger partial charge < -0.3 is 4.90 Å². The van der Waals surface area contributed by atoms with Crippen LogP contribution in [0.5, 0.6) is 0 Å². The van der Waals surface area contributed by atoms with Crippen molar-refractivity contribution < 1.29 is 0 Å². The van der Waals surface area contributed by atoms with Gasteiger partial charge >= 0.3 is 0 Å². The van der Waals surface area contributed by atoms with Gasteiger partial charge in [-0.1, -0.05) is 13.8 Å². The van der Waals surface area contributed by atoms with Crippen LogP contribution < -0.4 is 5.32 Å². The van der Waals surface area contributed by atoms with Gasteiger partial charge in [0.15, 0.2) is 0 Å². The van der Waals surface area contributed by atoms with Gasteiger partial charge in [-0.3, -0.25) is 10.3 Å². The van der Waals surface area contributed by atoms with Crippen molar-refractivity contribution >= 4 is 31.9 Å². The minimum atomic E-state index is -0.391. The van der Waals surface area contributed by atoms with Crippen LogP contribution in [0.4, 0.5) is 0 Å². The van der Waals surface area contributed by atoms with Crippen molar-refractivity contribution in [3.63, 3.8) is 0 Å². The van der Waals surface area contributed by atoms with Crippen molar-refractivity contribution in [2.75, 3.05) is 26.2 Å². The monoisotopic (exact) mass is 388 g/mol. The molecule has 0 aromatic carbocycles. The van der Waals surface area contributed by atoms with Crippen LogP contribution in [0.3, 0.4) is 0 Å². The van der Waals surface area contributed by atoms with Crippen molar-refractivity contribution in [1.29, 1.82) is 5.26 Å². The van der Waals surface area contributed by atoms with E-state index in [-0.39, 0.29) is 0 Å². The SMILES string of the molecule is CCN(CC)CCNC(C#N)c1ncc(Br)cc1Br. The van der Waals surface area contributed by atoms with E-state index in [9.17, 15) is 5.26 Å². The molecule has 104 valence electrons. The Morgan fingerprint density at radius 2 is 2.11 bits per heavy atom. The summed E-state index contributed by atoms with van der Waals surface area (Å²) in [6.07, 6.45) is 1.70. The first kappa shape index (κ1) is 16.6. The number of likely N-dealkylation sites (N-methyl/N-ethyl adjacent to an activating group) is 1. The molecule has 0 aliphatic carbocycles. The lowest BCUT2D eigenvalue weighted by atomic mass is 10.2. The smallest absolute Gasteiger partial charge is 0.139 e. The molecule has 1 heterocycles. The van der Waals surface area contributed by atoms with E-state index in [0.29, 0.717) is 0 Å². The van der Waals surface area contributed by atoms with E-state index in [1.807, 2.05) is 6.07 Å². The number of hydrogen-bond donors (Lipinski definition) is 1. The lowest BCUT2D eigenvalue weighted by Crippen LogP contribution is -2.33. The highest BCUT2D eigenvalue weighted by Crippen LogP contribution is 2.24. The number of rotatable bonds is 7. The van der Waals surface area contributed by atoms with E-state index in [0.717, 1.165) is 40.8 Å². The van der Waals surface area contributed by atoms with Crippen LogP contribution in [0.1, 0.15) is 25.6 Å². The maximum atomic E-state index is 9.25. The van der Waals surface area contributed by atoms with Gasteiger partial charge in [0.2, 0.25) is 0 Å². The van der Waals surface area contributed by atoms with Crippen molar-refractivity contribution in [1.82, 2.24) is 15.2 Å². The standard InChI is InChI=1S/C13H18Br2N4/c1-3-19(4-2)6-5-17-12(8-16)13-11(15)7-10(14)9-18-13/h7,9,12,17H,3-6H2,1-2H3. The van der Waals surface area contributed by atoms with Crippen LogP contribution in [-0.2, 0) is 0 Å². The van der Waals surface area contributed by atoms with Gasteiger partial charge in [-0.25, -0.2) is 0 Å². The summed E-state index contributed by atoms with van der Waals surface area (Å²) >= 11 is 6.80. The first-order valence-corrected chi connectivity index (χ1v) is 7.87. The molecule has 0 aliphatic rings. The summed E-state index contributed by atoms with van der Waals surface area (Å²) in [5, 5.41) is 12.5. The second-order valence-corrected chi connectivity index (χ2v) is 5.83. The molecule has 1 rings (SSSR count). The van der Waals surface area contributed by atoms with Gasteiger partial charge in [-0.05, 0) is 51.0 Å². The summed E-state index contributed by atoms with van der Waals surface area (Å²) in [5.74, 6) is 0. The molecule has 0 fully saturated rings. The molecule has 1 aromatic rings. The highest BCUT2D eigenvalue weighted by molar-refractivity contribution is 9.11. The molecular formula is C13H18Br2N4. The molecule has 0 spiro atoms. The van der Waals surface area contributed by atoms with Crippen molar-refractivity contribution in [2.24, 2.45) is 0 Å². The number of nitriles is 1. The molecule has 0 bridgehead atoms. The molecule has 0 saturated heterocycles. The zero-order valence-electron chi connectivity index (χ0n) is 11.2. The van der Waals surface area contributed by atoms with Crippen LogP contribution in [0.15, 0.2) is 21.2 Å². The number of pyridine rings is 1. The second-order valence-electron chi connectivity index (χ2n) is 4.06. The highest BCUT2D eigenvalue weighted by atomic mass is 79.9. The third kappa shape index (κ3) is 5.19. The van der Waals surface area contributed by atoms with E-state index < -0.39 is 6.04 Å². The number of aromatic nitrogens is 1. The Bertz CT molecular complexity index is 441.